The molecule has 0 atom stereocenters. The standard InChI is InChI=1S/C8H14N4O4/c9-5(13)1-3-7(15)11-12-8(16)4-2-6(10)14/h1-4H2,(H2,9,13)(H2,10,14)(H,11,15)(H,12,16). The van der Waals surface area contributed by atoms with Crippen LogP contribution in [-0.2, 0) is 19.2 Å². The lowest BCUT2D eigenvalue weighted by Gasteiger charge is -2.05. The molecule has 0 heterocycles. The molecule has 0 aromatic rings. The van der Waals surface area contributed by atoms with Crippen molar-refractivity contribution in [3.8, 4) is 0 Å². The summed E-state index contributed by atoms with van der Waals surface area (Å²) in [5.74, 6) is -2.28. The molecule has 8 nitrogen and oxygen atoms in total. The van der Waals surface area contributed by atoms with Crippen LogP contribution in [0, 0.1) is 0 Å². The summed E-state index contributed by atoms with van der Waals surface area (Å²) < 4.78 is 0. The van der Waals surface area contributed by atoms with Gasteiger partial charge in [-0.15, -0.1) is 0 Å². The number of hydrogen-bond acceptors (Lipinski definition) is 4. The van der Waals surface area contributed by atoms with Crippen LogP contribution in [0.4, 0.5) is 0 Å². The van der Waals surface area contributed by atoms with Gasteiger partial charge in [0.25, 0.3) is 0 Å². The molecule has 0 aliphatic carbocycles. The van der Waals surface area contributed by atoms with E-state index in [-0.39, 0.29) is 25.7 Å². The number of hydrogen-bond donors (Lipinski definition) is 4. The van der Waals surface area contributed by atoms with E-state index in [0.29, 0.717) is 0 Å². The summed E-state index contributed by atoms with van der Waals surface area (Å²) in [5, 5.41) is 0. The predicted octanol–water partition coefficient (Wildman–Crippen LogP) is -2.34. The first-order valence-electron chi connectivity index (χ1n) is 4.56. The lowest BCUT2D eigenvalue weighted by Crippen LogP contribution is -2.42. The molecule has 0 rings (SSSR count). The molecular weight excluding hydrogens is 216 g/mol. The van der Waals surface area contributed by atoms with Crippen LogP contribution < -0.4 is 22.3 Å². The van der Waals surface area contributed by atoms with Crippen molar-refractivity contribution in [2.45, 2.75) is 25.7 Å². The summed E-state index contributed by atoms with van der Waals surface area (Å²) in [5.41, 5.74) is 13.8. The quantitative estimate of drug-likeness (QED) is 0.379. The number of rotatable bonds is 6. The normalized spacial score (nSPS) is 9.25. The SMILES string of the molecule is NC(=O)CCC(=O)NNC(=O)CCC(N)=O. The van der Waals surface area contributed by atoms with Crippen molar-refractivity contribution in [1.82, 2.24) is 10.9 Å². The summed E-state index contributed by atoms with van der Waals surface area (Å²) in [4.78, 5) is 42.6. The Bertz CT molecular complexity index is 272. The van der Waals surface area contributed by atoms with Crippen molar-refractivity contribution in [3.05, 3.63) is 0 Å². The van der Waals surface area contributed by atoms with Gasteiger partial charge in [0.2, 0.25) is 23.6 Å². The molecule has 0 aromatic carbocycles. The lowest BCUT2D eigenvalue weighted by atomic mass is 10.3. The van der Waals surface area contributed by atoms with Crippen LogP contribution in [0.5, 0.6) is 0 Å². The van der Waals surface area contributed by atoms with Crippen molar-refractivity contribution >= 4 is 23.6 Å². The van der Waals surface area contributed by atoms with Gasteiger partial charge in [0.05, 0.1) is 0 Å². The number of nitrogens with one attached hydrogen (secondary N) is 2. The van der Waals surface area contributed by atoms with E-state index in [9.17, 15) is 19.2 Å². The molecule has 8 heteroatoms. The minimum Gasteiger partial charge on any atom is -0.370 e. The Labute approximate surface area is 91.7 Å². The molecule has 6 N–H and O–H groups in total. The van der Waals surface area contributed by atoms with Gasteiger partial charge in [0.1, 0.15) is 0 Å². The third-order valence-corrected chi connectivity index (χ3v) is 1.54. The minimum atomic E-state index is -0.602. The first kappa shape index (κ1) is 13.9. The number of nitrogens with two attached hydrogens (primary N) is 2. The second-order valence-corrected chi connectivity index (χ2v) is 3.03. The molecular formula is C8H14N4O4. The van der Waals surface area contributed by atoms with E-state index >= 15 is 0 Å². The van der Waals surface area contributed by atoms with Crippen LogP contribution >= 0.6 is 0 Å². The number of amides is 4. The van der Waals surface area contributed by atoms with Gasteiger partial charge in [-0.1, -0.05) is 0 Å². The maximum atomic E-state index is 11.0. The highest BCUT2D eigenvalue weighted by molar-refractivity contribution is 5.86. The monoisotopic (exact) mass is 230 g/mol. The summed E-state index contributed by atoms with van der Waals surface area (Å²) in [6.45, 7) is 0. The van der Waals surface area contributed by atoms with Gasteiger partial charge in [-0.2, -0.15) is 0 Å². The van der Waals surface area contributed by atoms with Crippen LogP contribution in [0.1, 0.15) is 25.7 Å². The van der Waals surface area contributed by atoms with Gasteiger partial charge in [-0.25, -0.2) is 0 Å². The molecule has 0 fully saturated rings. The second-order valence-electron chi connectivity index (χ2n) is 3.03. The first-order valence-corrected chi connectivity index (χ1v) is 4.56. The molecule has 0 aliphatic heterocycles. The van der Waals surface area contributed by atoms with Gasteiger partial charge in [-0.05, 0) is 0 Å². The fourth-order valence-corrected chi connectivity index (χ4v) is 0.738. The zero-order valence-corrected chi connectivity index (χ0v) is 8.62. The molecule has 0 bridgehead atoms. The molecule has 90 valence electrons. The molecule has 0 radical (unpaired) electrons. The Morgan fingerprint density at radius 2 is 1.00 bits per heavy atom. The maximum absolute atomic E-state index is 11.0. The Hall–Kier alpha value is -2.12. The highest BCUT2D eigenvalue weighted by atomic mass is 16.2. The maximum Gasteiger partial charge on any atom is 0.238 e. The molecule has 0 saturated heterocycles. The fraction of sp³-hybridized carbons (Fsp3) is 0.500. The van der Waals surface area contributed by atoms with E-state index in [1.54, 1.807) is 0 Å². The molecule has 4 amide bonds. The Morgan fingerprint density at radius 1 is 0.688 bits per heavy atom. The number of primary amides is 2. The molecule has 0 aliphatic rings. The van der Waals surface area contributed by atoms with Gasteiger partial charge in [0.15, 0.2) is 0 Å². The molecule has 16 heavy (non-hydrogen) atoms. The zero-order valence-electron chi connectivity index (χ0n) is 8.62. The third-order valence-electron chi connectivity index (χ3n) is 1.54. The number of carbonyl (C=O) groups is 4. The van der Waals surface area contributed by atoms with Crippen molar-refractivity contribution in [2.24, 2.45) is 11.5 Å². The first-order chi connectivity index (χ1) is 7.41. The van der Waals surface area contributed by atoms with E-state index < -0.39 is 23.6 Å². The van der Waals surface area contributed by atoms with Crippen molar-refractivity contribution in [3.63, 3.8) is 0 Å². The van der Waals surface area contributed by atoms with E-state index in [1.165, 1.54) is 0 Å². The summed E-state index contributed by atoms with van der Waals surface area (Å²) in [7, 11) is 0. The largest absolute Gasteiger partial charge is 0.370 e. The average Bonchev–Trinajstić information content (AvgIpc) is 2.20. The summed E-state index contributed by atoms with van der Waals surface area (Å²) in [6, 6.07) is 0. The fourth-order valence-electron chi connectivity index (χ4n) is 0.738. The second kappa shape index (κ2) is 7.21. The van der Waals surface area contributed by atoms with Gasteiger partial charge >= 0.3 is 0 Å². The Kier molecular flexibility index (Phi) is 6.25. The van der Waals surface area contributed by atoms with Crippen LogP contribution in [0.3, 0.4) is 0 Å². The molecule has 0 saturated carbocycles. The summed E-state index contributed by atoms with van der Waals surface area (Å²) >= 11 is 0. The van der Waals surface area contributed by atoms with Crippen LogP contribution in [0.25, 0.3) is 0 Å². The van der Waals surface area contributed by atoms with Crippen molar-refractivity contribution in [1.29, 1.82) is 0 Å². The lowest BCUT2D eigenvalue weighted by molar-refractivity contribution is -0.130. The smallest absolute Gasteiger partial charge is 0.238 e. The van der Waals surface area contributed by atoms with Gasteiger partial charge in [-0.3, -0.25) is 30.0 Å². The van der Waals surface area contributed by atoms with E-state index in [2.05, 4.69) is 10.9 Å². The Balaban J connectivity index is 3.63. The third kappa shape index (κ3) is 8.48. The number of carbonyl (C=O) groups excluding carboxylic acids is 4. The van der Waals surface area contributed by atoms with Crippen molar-refractivity contribution in [2.75, 3.05) is 0 Å². The highest BCUT2D eigenvalue weighted by Gasteiger charge is 2.07. The average molecular weight is 230 g/mol. The molecule has 0 spiro atoms. The zero-order chi connectivity index (χ0) is 12.6. The van der Waals surface area contributed by atoms with Crippen LogP contribution in [0.2, 0.25) is 0 Å². The summed E-state index contributed by atoms with van der Waals surface area (Å²) in [6.07, 6.45) is -0.400. The number of hydrazine groups is 1. The van der Waals surface area contributed by atoms with E-state index in [4.69, 9.17) is 11.5 Å². The topological polar surface area (TPSA) is 144 Å². The van der Waals surface area contributed by atoms with E-state index in [0.717, 1.165) is 0 Å². The predicted molar refractivity (Wildman–Crippen MR) is 53.1 cm³/mol. The van der Waals surface area contributed by atoms with E-state index in [1.807, 2.05) is 0 Å². The highest BCUT2D eigenvalue weighted by Crippen LogP contribution is 1.88. The van der Waals surface area contributed by atoms with Crippen molar-refractivity contribution < 1.29 is 19.2 Å². The van der Waals surface area contributed by atoms with Gasteiger partial charge < -0.3 is 11.5 Å². The minimum absolute atomic E-state index is 0.0943. The Morgan fingerprint density at radius 3 is 1.25 bits per heavy atom. The molecule has 0 aromatic heterocycles. The van der Waals surface area contributed by atoms with Gasteiger partial charge in [0, 0.05) is 25.7 Å². The molecule has 0 unspecified atom stereocenters. The van der Waals surface area contributed by atoms with Crippen LogP contribution in [0.15, 0.2) is 0 Å². The van der Waals surface area contributed by atoms with Crippen LogP contribution in [-0.4, -0.2) is 23.6 Å².